The summed E-state index contributed by atoms with van der Waals surface area (Å²) in [7, 11) is 0. The molecule has 4 unspecified atom stereocenters. The number of imide groups is 1. The minimum atomic E-state index is -1.61. The third-order valence-electron chi connectivity index (χ3n) is 8.00. The van der Waals surface area contributed by atoms with Crippen LogP contribution >= 0.6 is 0 Å². The number of carbonyl (C=O) groups is 3. The molecule has 3 fully saturated rings. The summed E-state index contributed by atoms with van der Waals surface area (Å²) >= 11 is 0. The molecule has 4 atom stereocenters. The van der Waals surface area contributed by atoms with Gasteiger partial charge in [0, 0.05) is 18.2 Å². The number of carboxylic acids is 1. The number of benzene rings is 2. The molecule has 37 heavy (non-hydrogen) atoms. The predicted molar refractivity (Wildman–Crippen MR) is 137 cm³/mol. The van der Waals surface area contributed by atoms with Crippen LogP contribution in [0.2, 0.25) is 0 Å². The SMILES string of the molecule is O=C1C2C(/C=C/c3ccccc3)NC(CC3CCCCC3)(C(=O)O)C2C(=O)N1c1cccc([N+](=O)[O-])c1. The standard InChI is InChI=1S/C28H29N3O6/c32-25-23-22(15-14-18-8-3-1-4-9-18)29-28(27(34)35,17-19-10-5-2-6-11-19)24(23)26(33)30(25)20-12-7-13-21(16-20)31(36)37/h1,3-4,7-9,12-16,19,22-24,29H,2,5-6,10-11,17H2,(H,34,35)/b15-14+. The Balaban J connectivity index is 1.57. The van der Waals surface area contributed by atoms with Crippen LogP contribution in [0, 0.1) is 27.9 Å². The quantitative estimate of drug-likeness (QED) is 0.329. The molecule has 5 rings (SSSR count). The fraction of sp³-hybridized carbons (Fsp3) is 0.393. The number of anilines is 1. The lowest BCUT2D eigenvalue weighted by molar-refractivity contribution is -0.384. The summed E-state index contributed by atoms with van der Waals surface area (Å²) in [5, 5.41) is 25.1. The number of carbonyl (C=O) groups excluding carboxylic acids is 2. The van der Waals surface area contributed by atoms with Crippen LogP contribution in [-0.2, 0) is 14.4 Å². The highest BCUT2D eigenvalue weighted by molar-refractivity contribution is 6.24. The highest BCUT2D eigenvalue weighted by atomic mass is 16.6. The van der Waals surface area contributed by atoms with E-state index >= 15 is 0 Å². The lowest BCUT2D eigenvalue weighted by Crippen LogP contribution is -2.57. The van der Waals surface area contributed by atoms with Gasteiger partial charge in [-0.1, -0.05) is 80.7 Å². The van der Waals surface area contributed by atoms with Gasteiger partial charge >= 0.3 is 5.97 Å². The van der Waals surface area contributed by atoms with Crippen molar-refractivity contribution in [2.45, 2.75) is 50.1 Å². The van der Waals surface area contributed by atoms with Crippen LogP contribution in [0.4, 0.5) is 11.4 Å². The maximum atomic E-state index is 13.9. The molecule has 0 radical (unpaired) electrons. The number of carboxylic acid groups (broad SMARTS) is 1. The molecule has 2 N–H and O–H groups in total. The maximum absolute atomic E-state index is 13.9. The summed E-state index contributed by atoms with van der Waals surface area (Å²) in [4.78, 5) is 52.3. The third kappa shape index (κ3) is 4.44. The normalized spacial score (nSPS) is 28.1. The van der Waals surface area contributed by atoms with Gasteiger partial charge in [0.25, 0.3) is 5.69 Å². The molecular formula is C28H29N3O6. The van der Waals surface area contributed by atoms with Gasteiger partial charge in [-0.25, -0.2) is 4.90 Å². The van der Waals surface area contributed by atoms with Crippen molar-refractivity contribution in [3.8, 4) is 0 Å². The van der Waals surface area contributed by atoms with E-state index in [1.165, 1.54) is 24.3 Å². The summed E-state index contributed by atoms with van der Waals surface area (Å²) in [6, 6.07) is 14.1. The number of nitro benzene ring substituents is 1. The van der Waals surface area contributed by atoms with Crippen molar-refractivity contribution in [3.63, 3.8) is 0 Å². The maximum Gasteiger partial charge on any atom is 0.324 e. The summed E-state index contributed by atoms with van der Waals surface area (Å²) in [6.07, 6.45) is 8.74. The molecule has 2 saturated heterocycles. The largest absolute Gasteiger partial charge is 0.480 e. The molecule has 2 amide bonds. The molecule has 1 aliphatic carbocycles. The molecule has 2 heterocycles. The van der Waals surface area contributed by atoms with Crippen LogP contribution in [0.1, 0.15) is 44.1 Å². The van der Waals surface area contributed by atoms with Crippen molar-refractivity contribution in [2.75, 3.05) is 4.90 Å². The molecule has 1 saturated carbocycles. The molecule has 0 aromatic heterocycles. The predicted octanol–water partition coefficient (Wildman–Crippen LogP) is 4.18. The fourth-order valence-corrected chi connectivity index (χ4v) is 6.31. The number of nitrogens with zero attached hydrogens (tertiary/aromatic N) is 2. The van der Waals surface area contributed by atoms with E-state index in [4.69, 9.17) is 0 Å². The van der Waals surface area contributed by atoms with E-state index < -0.39 is 46.1 Å². The second-order valence-electron chi connectivity index (χ2n) is 10.2. The third-order valence-corrected chi connectivity index (χ3v) is 8.00. The van der Waals surface area contributed by atoms with Gasteiger partial charge in [-0.3, -0.25) is 29.8 Å². The van der Waals surface area contributed by atoms with Gasteiger partial charge in [0.15, 0.2) is 0 Å². The Morgan fingerprint density at radius 1 is 1.08 bits per heavy atom. The number of rotatable bonds is 7. The second kappa shape index (κ2) is 9.89. The Labute approximate surface area is 214 Å². The lowest BCUT2D eigenvalue weighted by atomic mass is 9.72. The Hall–Kier alpha value is -3.85. The molecule has 3 aliphatic rings. The van der Waals surface area contributed by atoms with Crippen LogP contribution < -0.4 is 10.2 Å². The lowest BCUT2D eigenvalue weighted by Gasteiger charge is -2.35. The van der Waals surface area contributed by atoms with Crippen LogP contribution in [0.25, 0.3) is 6.08 Å². The molecule has 2 aromatic carbocycles. The van der Waals surface area contributed by atoms with E-state index in [9.17, 15) is 29.6 Å². The Morgan fingerprint density at radius 2 is 1.81 bits per heavy atom. The van der Waals surface area contributed by atoms with Gasteiger partial charge in [0.05, 0.1) is 22.4 Å². The Morgan fingerprint density at radius 3 is 2.49 bits per heavy atom. The number of hydrogen-bond acceptors (Lipinski definition) is 6. The Bertz CT molecular complexity index is 1260. The zero-order chi connectivity index (χ0) is 26.2. The van der Waals surface area contributed by atoms with Crippen molar-refractivity contribution in [2.24, 2.45) is 17.8 Å². The van der Waals surface area contributed by atoms with Crippen molar-refractivity contribution < 1.29 is 24.4 Å². The molecule has 2 aliphatic heterocycles. The van der Waals surface area contributed by atoms with Crippen LogP contribution in [0.5, 0.6) is 0 Å². The number of amides is 2. The van der Waals surface area contributed by atoms with Crippen LogP contribution in [-0.4, -0.2) is 39.4 Å². The highest BCUT2D eigenvalue weighted by Crippen LogP contribution is 2.49. The number of non-ortho nitro benzene ring substituents is 1. The zero-order valence-electron chi connectivity index (χ0n) is 20.3. The van der Waals surface area contributed by atoms with Crippen molar-refractivity contribution >= 4 is 35.2 Å². The monoisotopic (exact) mass is 503 g/mol. The van der Waals surface area contributed by atoms with Crippen molar-refractivity contribution in [3.05, 3.63) is 76.4 Å². The number of fused-ring (bicyclic) bond motifs is 1. The first kappa shape index (κ1) is 24.8. The van der Waals surface area contributed by atoms with Gasteiger partial charge in [0.1, 0.15) is 5.54 Å². The Kier molecular flexibility index (Phi) is 6.64. The topological polar surface area (TPSA) is 130 Å². The molecule has 9 heteroatoms. The van der Waals surface area contributed by atoms with E-state index in [0.29, 0.717) is 0 Å². The van der Waals surface area contributed by atoms with Crippen molar-refractivity contribution in [1.82, 2.24) is 5.32 Å². The van der Waals surface area contributed by atoms with Gasteiger partial charge in [0.2, 0.25) is 11.8 Å². The summed E-state index contributed by atoms with van der Waals surface area (Å²) in [6.45, 7) is 0. The van der Waals surface area contributed by atoms with Crippen LogP contribution in [0.3, 0.4) is 0 Å². The van der Waals surface area contributed by atoms with Crippen molar-refractivity contribution in [1.29, 1.82) is 0 Å². The number of aliphatic carboxylic acids is 1. The summed E-state index contributed by atoms with van der Waals surface area (Å²) in [5.41, 5.74) is -0.893. The minimum Gasteiger partial charge on any atom is -0.480 e. The molecule has 0 spiro atoms. The molecule has 2 aromatic rings. The summed E-state index contributed by atoms with van der Waals surface area (Å²) in [5.74, 6) is -4.25. The first-order valence-corrected chi connectivity index (χ1v) is 12.7. The second-order valence-corrected chi connectivity index (χ2v) is 10.2. The molecule has 0 bridgehead atoms. The molecular weight excluding hydrogens is 474 g/mol. The highest BCUT2D eigenvalue weighted by Gasteiger charge is 2.68. The molecule has 192 valence electrons. The van der Waals surface area contributed by atoms with E-state index in [1.54, 1.807) is 6.08 Å². The summed E-state index contributed by atoms with van der Waals surface area (Å²) < 4.78 is 0. The number of nitro groups is 1. The number of hydrogen-bond donors (Lipinski definition) is 2. The minimum absolute atomic E-state index is 0.0846. The fourth-order valence-electron chi connectivity index (χ4n) is 6.31. The van der Waals surface area contributed by atoms with E-state index in [1.807, 2.05) is 36.4 Å². The van der Waals surface area contributed by atoms with Gasteiger partial charge in [-0.05, 0) is 24.0 Å². The van der Waals surface area contributed by atoms with Gasteiger partial charge in [-0.15, -0.1) is 0 Å². The van der Waals surface area contributed by atoms with E-state index in [-0.39, 0.29) is 23.7 Å². The smallest absolute Gasteiger partial charge is 0.324 e. The average molecular weight is 504 g/mol. The first-order chi connectivity index (χ1) is 17.8. The molecule has 9 nitrogen and oxygen atoms in total. The zero-order valence-corrected chi connectivity index (χ0v) is 20.3. The van der Waals surface area contributed by atoms with Gasteiger partial charge in [-0.2, -0.15) is 0 Å². The average Bonchev–Trinajstić information content (AvgIpc) is 3.37. The van der Waals surface area contributed by atoms with Gasteiger partial charge < -0.3 is 5.11 Å². The van der Waals surface area contributed by atoms with Crippen LogP contribution in [0.15, 0.2) is 60.7 Å². The van der Waals surface area contributed by atoms with E-state index in [0.717, 1.165) is 42.6 Å². The number of nitrogens with one attached hydrogen (secondary N) is 1. The first-order valence-electron chi connectivity index (χ1n) is 12.7. The van der Waals surface area contributed by atoms with E-state index in [2.05, 4.69) is 5.32 Å².